The molecule has 0 N–H and O–H groups in total. The van der Waals surface area contributed by atoms with Crippen molar-refractivity contribution in [1.82, 2.24) is 0 Å². The second-order valence-corrected chi connectivity index (χ2v) is 10.4. The third-order valence-electron chi connectivity index (χ3n) is 7.78. The smallest absolute Gasteiger partial charge is 0.122 e. The number of benzene rings is 2. The quantitative estimate of drug-likeness (QED) is 0.201. The number of aryl methyl sites for hydroxylation is 2. The molecule has 186 valence electrons. The minimum atomic E-state index is 0.748. The molecule has 1 aliphatic rings. The van der Waals surface area contributed by atoms with Crippen molar-refractivity contribution in [3.63, 3.8) is 0 Å². The number of hydrogen-bond donors (Lipinski definition) is 0. The van der Waals surface area contributed by atoms with Crippen LogP contribution in [0.25, 0.3) is 0 Å². The highest BCUT2D eigenvalue weighted by molar-refractivity contribution is 5.39. The lowest BCUT2D eigenvalue weighted by molar-refractivity contribution is 0.303. The zero-order valence-corrected chi connectivity index (χ0v) is 22.2. The molecule has 1 nitrogen and oxygen atoms in total. The lowest BCUT2D eigenvalue weighted by Gasteiger charge is -2.29. The fourth-order valence-electron chi connectivity index (χ4n) is 5.59. The summed E-state index contributed by atoms with van der Waals surface area (Å²) in [6.07, 6.45) is 22.6. The van der Waals surface area contributed by atoms with Crippen LogP contribution >= 0.6 is 0 Å². The van der Waals surface area contributed by atoms with E-state index in [1.807, 2.05) is 7.11 Å². The van der Waals surface area contributed by atoms with Crippen molar-refractivity contribution in [3.05, 3.63) is 76.9 Å². The first-order chi connectivity index (χ1) is 16.7. The Morgan fingerprint density at radius 3 is 2.24 bits per heavy atom. The molecule has 0 heterocycles. The van der Waals surface area contributed by atoms with Crippen LogP contribution in [0.15, 0.2) is 54.6 Å². The first-order valence-electron chi connectivity index (χ1n) is 14.1. The zero-order chi connectivity index (χ0) is 24.0. The van der Waals surface area contributed by atoms with Crippen LogP contribution < -0.4 is 4.74 Å². The number of hydrogen-bond acceptors (Lipinski definition) is 1. The summed E-state index contributed by atoms with van der Waals surface area (Å²) in [5.74, 6) is 2.76. The molecule has 2 aromatic carbocycles. The highest BCUT2D eigenvalue weighted by atomic mass is 16.5. The summed E-state index contributed by atoms with van der Waals surface area (Å²) in [6.45, 7) is 4.47. The van der Waals surface area contributed by atoms with E-state index in [1.165, 1.54) is 87.3 Å². The summed E-state index contributed by atoms with van der Waals surface area (Å²) in [4.78, 5) is 0. The summed E-state index contributed by atoms with van der Waals surface area (Å²) >= 11 is 0. The van der Waals surface area contributed by atoms with Crippen molar-refractivity contribution in [1.29, 1.82) is 0 Å². The lowest BCUT2D eigenvalue weighted by Crippen LogP contribution is -2.13. The van der Waals surface area contributed by atoms with Gasteiger partial charge in [-0.15, -0.1) is 0 Å². The Hall–Kier alpha value is -2.02. The van der Waals surface area contributed by atoms with Crippen LogP contribution in [0.5, 0.6) is 5.75 Å². The molecular formula is C33H48O. The van der Waals surface area contributed by atoms with Crippen molar-refractivity contribution < 1.29 is 4.74 Å². The summed E-state index contributed by atoms with van der Waals surface area (Å²) in [5, 5.41) is 0. The molecule has 0 aliphatic heterocycles. The van der Waals surface area contributed by atoms with Crippen molar-refractivity contribution in [2.45, 2.75) is 110 Å². The zero-order valence-electron chi connectivity index (χ0n) is 22.2. The van der Waals surface area contributed by atoms with Crippen LogP contribution in [0, 0.1) is 5.92 Å². The molecule has 1 saturated carbocycles. The maximum absolute atomic E-state index is 5.65. The molecule has 0 aromatic heterocycles. The molecule has 0 bridgehead atoms. The fraction of sp³-hybridized carbons (Fsp3) is 0.576. The van der Waals surface area contributed by atoms with Crippen LogP contribution in [0.2, 0.25) is 0 Å². The number of unbranched alkanes of at least 4 members (excludes halogenated alkanes) is 3. The average molecular weight is 461 g/mol. The van der Waals surface area contributed by atoms with E-state index in [0.29, 0.717) is 0 Å². The number of rotatable bonds is 14. The molecule has 1 heteroatoms. The van der Waals surface area contributed by atoms with Crippen LogP contribution in [-0.4, -0.2) is 7.11 Å². The van der Waals surface area contributed by atoms with Gasteiger partial charge in [0.1, 0.15) is 5.75 Å². The van der Waals surface area contributed by atoms with Gasteiger partial charge in [0.25, 0.3) is 0 Å². The normalized spacial score (nSPS) is 18.4. The summed E-state index contributed by atoms with van der Waals surface area (Å²) in [5.41, 5.74) is 5.90. The molecule has 0 radical (unpaired) electrons. The first kappa shape index (κ1) is 26.6. The molecular weight excluding hydrogens is 412 g/mol. The van der Waals surface area contributed by atoms with Crippen molar-refractivity contribution in [2.75, 3.05) is 7.11 Å². The van der Waals surface area contributed by atoms with Crippen LogP contribution in [0.4, 0.5) is 0 Å². The van der Waals surface area contributed by atoms with Gasteiger partial charge < -0.3 is 4.74 Å². The number of methoxy groups -OCH3 is 1. The standard InChI is InChI=1S/C33H48O/c1-4-6-8-12-27-16-18-28(19-17-27)13-10-11-14-29-20-22-30(23-21-29)31-24-25-33(34-3)32(26-31)15-9-7-5-2/h6,8,16-19,24-26,29-30H,4-5,7,9-15,20-23H2,1-3H3. The van der Waals surface area contributed by atoms with E-state index in [1.54, 1.807) is 5.56 Å². The van der Waals surface area contributed by atoms with E-state index in [9.17, 15) is 0 Å². The molecule has 2 aromatic rings. The Morgan fingerprint density at radius 1 is 0.794 bits per heavy atom. The van der Waals surface area contributed by atoms with Crippen LogP contribution in [0.3, 0.4) is 0 Å². The van der Waals surface area contributed by atoms with Crippen molar-refractivity contribution in [2.24, 2.45) is 5.92 Å². The predicted molar refractivity (Wildman–Crippen MR) is 148 cm³/mol. The Morgan fingerprint density at radius 2 is 1.53 bits per heavy atom. The maximum atomic E-state index is 5.65. The van der Waals surface area contributed by atoms with Gasteiger partial charge >= 0.3 is 0 Å². The minimum Gasteiger partial charge on any atom is -0.496 e. The molecule has 0 atom stereocenters. The van der Waals surface area contributed by atoms with E-state index in [0.717, 1.165) is 36.8 Å². The average Bonchev–Trinajstić information content (AvgIpc) is 2.88. The number of ether oxygens (including phenoxy) is 1. The van der Waals surface area contributed by atoms with Crippen LogP contribution in [0.1, 0.15) is 113 Å². The van der Waals surface area contributed by atoms with Gasteiger partial charge in [-0.25, -0.2) is 0 Å². The first-order valence-corrected chi connectivity index (χ1v) is 14.1. The van der Waals surface area contributed by atoms with Gasteiger partial charge in [-0.1, -0.05) is 88.1 Å². The van der Waals surface area contributed by atoms with Crippen molar-refractivity contribution in [3.8, 4) is 5.75 Å². The van der Waals surface area contributed by atoms with E-state index in [2.05, 4.69) is 68.5 Å². The Bertz CT molecular complexity index is 839. The molecule has 0 spiro atoms. The molecule has 34 heavy (non-hydrogen) atoms. The second kappa shape index (κ2) is 15.1. The van der Waals surface area contributed by atoms with Gasteiger partial charge in [0.05, 0.1) is 7.11 Å². The summed E-state index contributed by atoms with van der Waals surface area (Å²) < 4.78 is 5.65. The van der Waals surface area contributed by atoms with Gasteiger partial charge in [0, 0.05) is 0 Å². The van der Waals surface area contributed by atoms with Gasteiger partial charge in [-0.2, -0.15) is 0 Å². The predicted octanol–water partition coefficient (Wildman–Crippen LogP) is 9.62. The SMILES string of the molecule is CCC=CCc1ccc(CCCCC2CCC(c3ccc(OC)c(CCCCC)c3)CC2)cc1. The maximum Gasteiger partial charge on any atom is 0.122 e. The summed E-state index contributed by atoms with van der Waals surface area (Å²) in [6, 6.07) is 16.3. The van der Waals surface area contributed by atoms with Crippen molar-refractivity contribution >= 4 is 0 Å². The highest BCUT2D eigenvalue weighted by Gasteiger charge is 2.22. The third-order valence-corrected chi connectivity index (χ3v) is 7.78. The number of allylic oxidation sites excluding steroid dienone is 2. The Labute approximate surface area is 210 Å². The molecule has 0 unspecified atom stereocenters. The van der Waals surface area contributed by atoms with Gasteiger partial charge in [0.2, 0.25) is 0 Å². The minimum absolute atomic E-state index is 0.748. The monoisotopic (exact) mass is 460 g/mol. The van der Waals surface area contributed by atoms with Gasteiger partial charge in [0.15, 0.2) is 0 Å². The van der Waals surface area contributed by atoms with Crippen LogP contribution in [-0.2, 0) is 19.3 Å². The third kappa shape index (κ3) is 8.64. The van der Waals surface area contributed by atoms with E-state index < -0.39 is 0 Å². The fourth-order valence-corrected chi connectivity index (χ4v) is 5.59. The van der Waals surface area contributed by atoms with E-state index in [-0.39, 0.29) is 0 Å². The Balaban J connectivity index is 1.37. The largest absolute Gasteiger partial charge is 0.496 e. The lowest BCUT2D eigenvalue weighted by atomic mass is 9.76. The van der Waals surface area contributed by atoms with Gasteiger partial charge in [-0.3, -0.25) is 0 Å². The second-order valence-electron chi connectivity index (χ2n) is 10.4. The molecule has 0 amide bonds. The molecule has 1 fully saturated rings. The summed E-state index contributed by atoms with van der Waals surface area (Å²) in [7, 11) is 1.81. The van der Waals surface area contributed by atoms with E-state index in [4.69, 9.17) is 4.74 Å². The van der Waals surface area contributed by atoms with Gasteiger partial charge in [-0.05, 0) is 104 Å². The Kier molecular flexibility index (Phi) is 11.8. The van der Waals surface area contributed by atoms with E-state index >= 15 is 0 Å². The molecule has 1 aliphatic carbocycles. The highest BCUT2D eigenvalue weighted by Crippen LogP contribution is 2.39. The molecule has 3 rings (SSSR count). The topological polar surface area (TPSA) is 9.23 Å². The molecule has 0 saturated heterocycles.